The third-order valence-corrected chi connectivity index (χ3v) is 0.976. The van der Waals surface area contributed by atoms with Crippen LogP contribution in [-0.2, 0) is 14.3 Å². The number of hydrogen-bond donors (Lipinski definition) is 2. The lowest BCUT2D eigenvalue weighted by atomic mass is 10.3. The summed E-state index contributed by atoms with van der Waals surface area (Å²) in [6.45, 7) is 1.27. The van der Waals surface area contributed by atoms with Crippen molar-refractivity contribution in [2.75, 3.05) is 13.2 Å². The quantitative estimate of drug-likeness (QED) is 0.322. The molecular weight excluding hydrogens is 162 g/mol. The molecule has 5 nitrogen and oxygen atoms in total. The molecule has 0 fully saturated rings. The van der Waals surface area contributed by atoms with E-state index < -0.39 is 18.4 Å². The van der Waals surface area contributed by atoms with Crippen LogP contribution in [0.4, 0.5) is 0 Å². The molecule has 0 spiro atoms. The first-order valence-electron chi connectivity index (χ1n) is 3.39. The van der Waals surface area contributed by atoms with Crippen molar-refractivity contribution in [3.8, 4) is 0 Å². The van der Waals surface area contributed by atoms with Crippen LogP contribution >= 0.6 is 0 Å². The topological polar surface area (TPSA) is 89.6 Å². The van der Waals surface area contributed by atoms with Gasteiger partial charge in [0.2, 0.25) is 0 Å². The van der Waals surface area contributed by atoms with Gasteiger partial charge >= 0.3 is 5.97 Å². The Morgan fingerprint density at radius 1 is 1.58 bits per heavy atom. The van der Waals surface area contributed by atoms with Crippen LogP contribution in [-0.4, -0.2) is 30.1 Å². The SMILES string of the molecule is CCOC(=O)C(=O)/C=C(\N)CO. The minimum atomic E-state index is -0.964. The molecule has 0 amide bonds. The zero-order valence-electron chi connectivity index (χ0n) is 6.74. The van der Waals surface area contributed by atoms with Crippen molar-refractivity contribution >= 4 is 11.8 Å². The molecule has 0 saturated carbocycles. The second kappa shape index (κ2) is 5.31. The molecule has 5 heteroatoms. The van der Waals surface area contributed by atoms with Gasteiger partial charge in [0.05, 0.1) is 13.2 Å². The molecule has 0 aromatic rings. The van der Waals surface area contributed by atoms with Crippen LogP contribution in [0.1, 0.15) is 6.92 Å². The molecule has 0 radical (unpaired) electrons. The molecule has 12 heavy (non-hydrogen) atoms. The Kier molecular flexibility index (Phi) is 4.71. The van der Waals surface area contributed by atoms with Crippen molar-refractivity contribution < 1.29 is 19.4 Å². The third-order valence-electron chi connectivity index (χ3n) is 0.976. The number of ether oxygens (including phenoxy) is 1. The van der Waals surface area contributed by atoms with E-state index in [4.69, 9.17) is 10.8 Å². The summed E-state index contributed by atoms with van der Waals surface area (Å²) in [5.41, 5.74) is 5.03. The van der Waals surface area contributed by atoms with Crippen molar-refractivity contribution in [3.05, 3.63) is 11.8 Å². The standard InChI is InChI=1S/C7H11NO4/c1-2-12-7(11)6(10)3-5(8)4-9/h3,9H,2,4,8H2,1H3/b5-3-. The third kappa shape index (κ3) is 3.72. The number of ketones is 1. The highest BCUT2D eigenvalue weighted by Gasteiger charge is 2.11. The minimum Gasteiger partial charge on any atom is -0.460 e. The highest BCUT2D eigenvalue weighted by molar-refractivity contribution is 6.38. The van der Waals surface area contributed by atoms with Gasteiger partial charge in [0, 0.05) is 11.8 Å². The molecule has 0 unspecified atom stereocenters. The van der Waals surface area contributed by atoms with Crippen LogP contribution in [0.3, 0.4) is 0 Å². The fourth-order valence-corrected chi connectivity index (χ4v) is 0.475. The number of hydrogen-bond acceptors (Lipinski definition) is 5. The molecule has 0 saturated heterocycles. The monoisotopic (exact) mass is 173 g/mol. The van der Waals surface area contributed by atoms with Crippen LogP contribution in [0.15, 0.2) is 11.8 Å². The van der Waals surface area contributed by atoms with Gasteiger partial charge in [0.25, 0.3) is 5.78 Å². The number of aliphatic hydroxyl groups is 1. The van der Waals surface area contributed by atoms with Crippen molar-refractivity contribution in [1.82, 2.24) is 0 Å². The second-order valence-electron chi connectivity index (χ2n) is 1.96. The number of carbonyl (C=O) groups is 2. The van der Waals surface area contributed by atoms with Gasteiger partial charge in [-0.25, -0.2) is 4.79 Å². The van der Waals surface area contributed by atoms with Gasteiger partial charge in [-0.2, -0.15) is 0 Å². The fourth-order valence-electron chi connectivity index (χ4n) is 0.475. The lowest BCUT2D eigenvalue weighted by Crippen LogP contribution is -2.17. The van der Waals surface area contributed by atoms with E-state index in [1.54, 1.807) is 6.92 Å². The largest absolute Gasteiger partial charge is 0.460 e. The maximum atomic E-state index is 10.8. The Hall–Kier alpha value is -1.36. The Morgan fingerprint density at radius 3 is 2.58 bits per heavy atom. The highest BCUT2D eigenvalue weighted by Crippen LogP contribution is 1.87. The van der Waals surface area contributed by atoms with Crippen LogP contribution in [0.5, 0.6) is 0 Å². The molecule has 0 aliphatic rings. The van der Waals surface area contributed by atoms with E-state index >= 15 is 0 Å². The van der Waals surface area contributed by atoms with Crippen molar-refractivity contribution in [1.29, 1.82) is 0 Å². The number of nitrogens with two attached hydrogens (primary N) is 1. The maximum absolute atomic E-state index is 10.8. The summed E-state index contributed by atoms with van der Waals surface area (Å²) in [4.78, 5) is 21.4. The summed E-state index contributed by atoms with van der Waals surface area (Å²) in [5, 5.41) is 8.40. The zero-order valence-corrected chi connectivity index (χ0v) is 6.74. The molecule has 0 atom stereocenters. The number of aliphatic hydroxyl groups excluding tert-OH is 1. The van der Waals surface area contributed by atoms with E-state index in [-0.39, 0.29) is 12.3 Å². The van der Waals surface area contributed by atoms with Gasteiger partial charge in [0.1, 0.15) is 0 Å². The van der Waals surface area contributed by atoms with Crippen molar-refractivity contribution in [2.24, 2.45) is 5.73 Å². The average Bonchev–Trinajstić information content (AvgIpc) is 2.04. The molecule has 3 N–H and O–H groups in total. The molecule has 0 aromatic carbocycles. The summed E-state index contributed by atoms with van der Waals surface area (Å²) < 4.78 is 4.38. The van der Waals surface area contributed by atoms with Crippen LogP contribution in [0.2, 0.25) is 0 Å². The molecule has 0 aliphatic carbocycles. The van der Waals surface area contributed by atoms with Gasteiger partial charge < -0.3 is 15.6 Å². The normalized spacial score (nSPS) is 11.0. The Labute approximate surface area is 69.8 Å². The first-order valence-corrected chi connectivity index (χ1v) is 3.39. The lowest BCUT2D eigenvalue weighted by Gasteiger charge is -1.97. The van der Waals surface area contributed by atoms with Gasteiger partial charge in [0.15, 0.2) is 0 Å². The maximum Gasteiger partial charge on any atom is 0.379 e. The molecule has 0 bridgehead atoms. The summed E-state index contributed by atoms with van der Waals surface area (Å²) in [5.74, 6) is -1.82. The van der Waals surface area contributed by atoms with Crippen LogP contribution in [0.25, 0.3) is 0 Å². The first-order chi connectivity index (χ1) is 5.61. The van der Waals surface area contributed by atoms with E-state index in [1.807, 2.05) is 0 Å². The molecule has 0 aromatic heterocycles. The summed E-state index contributed by atoms with van der Waals surface area (Å²) >= 11 is 0. The lowest BCUT2D eigenvalue weighted by molar-refractivity contribution is -0.151. The Balaban J connectivity index is 4.12. The van der Waals surface area contributed by atoms with Gasteiger partial charge in [-0.15, -0.1) is 0 Å². The number of esters is 1. The second-order valence-corrected chi connectivity index (χ2v) is 1.96. The van der Waals surface area contributed by atoms with Crippen LogP contribution in [0, 0.1) is 0 Å². The van der Waals surface area contributed by atoms with E-state index in [9.17, 15) is 9.59 Å². The highest BCUT2D eigenvalue weighted by atomic mass is 16.5. The molecule has 0 rings (SSSR count). The number of rotatable bonds is 4. The molecular formula is C7H11NO4. The summed E-state index contributed by atoms with van der Waals surface area (Å²) in [6, 6.07) is 0. The minimum absolute atomic E-state index is 0.0620. The zero-order chi connectivity index (χ0) is 9.56. The number of carbonyl (C=O) groups excluding carboxylic acids is 2. The smallest absolute Gasteiger partial charge is 0.379 e. The van der Waals surface area contributed by atoms with E-state index in [0.717, 1.165) is 6.08 Å². The Morgan fingerprint density at radius 2 is 2.17 bits per heavy atom. The summed E-state index contributed by atoms with van der Waals surface area (Å²) in [7, 11) is 0. The van der Waals surface area contributed by atoms with Crippen molar-refractivity contribution in [2.45, 2.75) is 6.92 Å². The molecule has 0 aliphatic heterocycles. The van der Waals surface area contributed by atoms with Gasteiger partial charge in [-0.1, -0.05) is 0 Å². The van der Waals surface area contributed by atoms with Gasteiger partial charge in [-0.3, -0.25) is 4.79 Å². The van der Waals surface area contributed by atoms with E-state index in [0.29, 0.717) is 0 Å². The molecule has 0 heterocycles. The van der Waals surface area contributed by atoms with Gasteiger partial charge in [-0.05, 0) is 6.92 Å². The molecule has 68 valence electrons. The Bertz CT molecular complexity index is 209. The predicted molar refractivity (Wildman–Crippen MR) is 41.0 cm³/mol. The van der Waals surface area contributed by atoms with E-state index in [2.05, 4.69) is 4.74 Å². The first kappa shape index (κ1) is 10.6. The van der Waals surface area contributed by atoms with E-state index in [1.165, 1.54) is 0 Å². The van der Waals surface area contributed by atoms with Crippen LogP contribution < -0.4 is 5.73 Å². The summed E-state index contributed by atoms with van der Waals surface area (Å²) in [6.07, 6.45) is 0.845. The average molecular weight is 173 g/mol. The van der Waals surface area contributed by atoms with Crippen molar-refractivity contribution in [3.63, 3.8) is 0 Å². The predicted octanol–water partition coefficient (Wildman–Crippen LogP) is -1.05. The fraction of sp³-hybridized carbons (Fsp3) is 0.429.